The third-order valence-corrected chi connectivity index (χ3v) is 5.89. The van der Waals surface area contributed by atoms with Crippen molar-refractivity contribution in [1.29, 1.82) is 0 Å². The van der Waals surface area contributed by atoms with Crippen LogP contribution in [-0.2, 0) is 4.79 Å². The fraction of sp³-hybridized carbons (Fsp3) is 0.0909. The fourth-order valence-corrected chi connectivity index (χ4v) is 4.34. The molecule has 27 heavy (non-hydrogen) atoms. The number of hydrogen-bond donors (Lipinski definition) is 1. The maximum absolute atomic E-state index is 13.2. The summed E-state index contributed by atoms with van der Waals surface area (Å²) in [5.74, 6) is -0.517. The summed E-state index contributed by atoms with van der Waals surface area (Å²) in [6.45, 7) is 1.99. The van der Waals surface area contributed by atoms with E-state index in [0.29, 0.717) is 10.2 Å². The molecular formula is C22H17ClN2OS. The van der Waals surface area contributed by atoms with Gasteiger partial charge in [-0.2, -0.15) is 0 Å². The van der Waals surface area contributed by atoms with Gasteiger partial charge in [0.15, 0.2) is 5.13 Å². The average Bonchev–Trinajstić information content (AvgIpc) is 3.12. The number of fused-ring (bicyclic) bond motifs is 1. The lowest BCUT2D eigenvalue weighted by Crippen LogP contribution is -2.22. The van der Waals surface area contributed by atoms with Crippen molar-refractivity contribution in [3.05, 3.63) is 94.5 Å². The number of halogens is 1. The summed E-state index contributed by atoms with van der Waals surface area (Å²) in [6.07, 6.45) is 0. The number of aryl methyl sites for hydroxylation is 1. The first-order valence-corrected chi connectivity index (χ1v) is 9.79. The number of nitrogens with zero attached hydrogens (tertiary/aromatic N) is 1. The van der Waals surface area contributed by atoms with E-state index >= 15 is 0 Å². The number of carbonyl (C=O) groups excluding carboxylic acids is 1. The van der Waals surface area contributed by atoms with Gasteiger partial charge in [-0.1, -0.05) is 89.7 Å². The molecule has 1 N–H and O–H groups in total. The number of anilines is 1. The molecule has 3 nitrogen and oxygen atoms in total. The van der Waals surface area contributed by atoms with Crippen molar-refractivity contribution in [2.75, 3.05) is 5.32 Å². The molecule has 0 aliphatic heterocycles. The molecule has 1 aromatic heterocycles. The van der Waals surface area contributed by atoms with Gasteiger partial charge >= 0.3 is 0 Å². The minimum absolute atomic E-state index is 0.111. The van der Waals surface area contributed by atoms with Gasteiger partial charge in [0, 0.05) is 0 Å². The number of carbonyl (C=O) groups is 1. The predicted molar refractivity (Wildman–Crippen MR) is 113 cm³/mol. The quantitative estimate of drug-likeness (QED) is 0.460. The summed E-state index contributed by atoms with van der Waals surface area (Å²) in [7, 11) is 0. The number of nitrogens with one attached hydrogen (secondary N) is 1. The summed E-state index contributed by atoms with van der Waals surface area (Å²) in [6, 6.07) is 23.3. The summed E-state index contributed by atoms with van der Waals surface area (Å²) >= 11 is 7.69. The minimum atomic E-state index is -0.406. The molecule has 0 aliphatic carbocycles. The van der Waals surface area contributed by atoms with E-state index in [1.165, 1.54) is 11.3 Å². The molecule has 0 bridgehead atoms. The maximum Gasteiger partial charge on any atom is 0.238 e. The minimum Gasteiger partial charge on any atom is -0.301 e. The lowest BCUT2D eigenvalue weighted by molar-refractivity contribution is -0.116. The number of amides is 1. The molecule has 134 valence electrons. The van der Waals surface area contributed by atoms with E-state index in [0.717, 1.165) is 26.9 Å². The Kier molecular flexibility index (Phi) is 4.92. The molecule has 0 saturated carbocycles. The molecule has 0 saturated heterocycles. The highest BCUT2D eigenvalue weighted by Gasteiger charge is 2.24. The number of rotatable bonds is 4. The lowest BCUT2D eigenvalue weighted by atomic mass is 9.90. The Labute approximate surface area is 166 Å². The van der Waals surface area contributed by atoms with Crippen LogP contribution in [0.1, 0.15) is 22.6 Å². The summed E-state index contributed by atoms with van der Waals surface area (Å²) < 4.78 is 0.892. The van der Waals surface area contributed by atoms with Crippen molar-refractivity contribution in [2.45, 2.75) is 12.8 Å². The van der Waals surface area contributed by atoms with Gasteiger partial charge in [0.25, 0.3) is 0 Å². The van der Waals surface area contributed by atoms with E-state index in [-0.39, 0.29) is 5.91 Å². The van der Waals surface area contributed by atoms with Crippen molar-refractivity contribution in [2.24, 2.45) is 0 Å². The molecule has 3 aromatic carbocycles. The second-order valence-electron chi connectivity index (χ2n) is 6.30. The number of thiazole rings is 1. The van der Waals surface area contributed by atoms with Crippen LogP contribution in [0.2, 0.25) is 5.02 Å². The molecule has 0 fully saturated rings. The van der Waals surface area contributed by atoms with E-state index in [1.807, 2.05) is 79.7 Å². The van der Waals surface area contributed by atoms with Gasteiger partial charge in [0.05, 0.1) is 21.2 Å². The van der Waals surface area contributed by atoms with E-state index in [9.17, 15) is 4.79 Å². The zero-order valence-corrected chi connectivity index (χ0v) is 16.2. The van der Waals surface area contributed by atoms with E-state index in [2.05, 4.69) is 10.3 Å². The zero-order valence-electron chi connectivity index (χ0n) is 14.6. The zero-order chi connectivity index (χ0) is 18.8. The highest BCUT2D eigenvalue weighted by atomic mass is 35.5. The molecule has 0 radical (unpaired) electrons. The van der Waals surface area contributed by atoms with Crippen LogP contribution in [-0.4, -0.2) is 10.9 Å². The second-order valence-corrected chi connectivity index (χ2v) is 7.71. The van der Waals surface area contributed by atoms with Crippen molar-refractivity contribution < 1.29 is 4.79 Å². The summed E-state index contributed by atoms with van der Waals surface area (Å²) in [4.78, 5) is 17.8. The predicted octanol–water partition coefficient (Wildman–Crippen LogP) is 6.03. The summed E-state index contributed by atoms with van der Waals surface area (Å²) in [5.41, 5.74) is 3.75. The molecule has 0 unspecified atom stereocenters. The Morgan fingerprint density at radius 2 is 1.56 bits per heavy atom. The van der Waals surface area contributed by atoms with Crippen LogP contribution in [0.5, 0.6) is 0 Å². The van der Waals surface area contributed by atoms with Crippen molar-refractivity contribution >= 4 is 44.2 Å². The lowest BCUT2D eigenvalue weighted by Gasteiger charge is -2.16. The van der Waals surface area contributed by atoms with Gasteiger partial charge in [-0.25, -0.2) is 4.98 Å². The van der Waals surface area contributed by atoms with Gasteiger partial charge in [0.2, 0.25) is 5.91 Å². The van der Waals surface area contributed by atoms with Crippen LogP contribution in [0.15, 0.2) is 72.8 Å². The van der Waals surface area contributed by atoms with Gasteiger partial charge in [-0.3, -0.25) is 4.79 Å². The summed E-state index contributed by atoms with van der Waals surface area (Å²) in [5, 5.41) is 4.20. The first-order valence-electron chi connectivity index (χ1n) is 8.60. The normalized spacial score (nSPS) is 11.1. The Bertz CT molecular complexity index is 1010. The standard InChI is InChI=1S/C22H17ClN2OS/c1-14-12-13-17(23)20-19(14)24-22(27-20)25-21(26)18(15-8-4-2-5-9-15)16-10-6-3-7-11-16/h2-13,18H,1H3,(H,24,25,26). The Morgan fingerprint density at radius 1 is 0.963 bits per heavy atom. The molecule has 0 aliphatic rings. The molecule has 0 atom stereocenters. The van der Waals surface area contributed by atoms with Crippen LogP contribution in [0.3, 0.4) is 0 Å². The first kappa shape index (κ1) is 17.7. The van der Waals surface area contributed by atoms with Crippen LogP contribution in [0.25, 0.3) is 10.2 Å². The topological polar surface area (TPSA) is 42.0 Å². The highest BCUT2D eigenvalue weighted by molar-refractivity contribution is 7.23. The molecule has 1 amide bonds. The monoisotopic (exact) mass is 392 g/mol. The second kappa shape index (κ2) is 7.51. The molecule has 4 rings (SSSR count). The fourth-order valence-electron chi connectivity index (χ4n) is 3.12. The SMILES string of the molecule is Cc1ccc(Cl)c2sc(NC(=O)C(c3ccccc3)c3ccccc3)nc12. The van der Waals surface area contributed by atoms with Crippen molar-refractivity contribution in [3.8, 4) is 0 Å². The number of benzene rings is 3. The van der Waals surface area contributed by atoms with E-state index in [1.54, 1.807) is 0 Å². The van der Waals surface area contributed by atoms with Crippen molar-refractivity contribution in [3.63, 3.8) is 0 Å². The van der Waals surface area contributed by atoms with Crippen LogP contribution in [0, 0.1) is 6.92 Å². The third-order valence-electron chi connectivity index (χ3n) is 4.46. The highest BCUT2D eigenvalue weighted by Crippen LogP contribution is 2.35. The van der Waals surface area contributed by atoms with Crippen molar-refractivity contribution in [1.82, 2.24) is 4.98 Å². The van der Waals surface area contributed by atoms with E-state index < -0.39 is 5.92 Å². The molecular weight excluding hydrogens is 376 g/mol. The smallest absolute Gasteiger partial charge is 0.238 e. The van der Waals surface area contributed by atoms with Crippen LogP contribution in [0.4, 0.5) is 5.13 Å². The van der Waals surface area contributed by atoms with Gasteiger partial charge in [0.1, 0.15) is 0 Å². The van der Waals surface area contributed by atoms with E-state index in [4.69, 9.17) is 11.6 Å². The largest absolute Gasteiger partial charge is 0.301 e. The van der Waals surface area contributed by atoms with Gasteiger partial charge in [-0.05, 0) is 29.7 Å². The number of hydrogen-bond acceptors (Lipinski definition) is 3. The third kappa shape index (κ3) is 3.59. The molecule has 1 heterocycles. The first-order chi connectivity index (χ1) is 13.1. The van der Waals surface area contributed by atoms with Crippen LogP contribution >= 0.6 is 22.9 Å². The molecule has 0 spiro atoms. The average molecular weight is 393 g/mol. The Morgan fingerprint density at radius 3 is 2.11 bits per heavy atom. The van der Waals surface area contributed by atoms with Gasteiger partial charge in [-0.15, -0.1) is 0 Å². The maximum atomic E-state index is 13.2. The Balaban J connectivity index is 1.71. The van der Waals surface area contributed by atoms with Crippen LogP contribution < -0.4 is 5.32 Å². The Hall–Kier alpha value is -2.69. The number of aromatic nitrogens is 1. The molecule has 4 aromatic rings. The van der Waals surface area contributed by atoms with Gasteiger partial charge < -0.3 is 5.32 Å². The molecule has 5 heteroatoms.